The first-order valence-corrected chi connectivity index (χ1v) is 8.14. The van der Waals surface area contributed by atoms with Crippen molar-refractivity contribution in [1.82, 2.24) is 10.2 Å². The lowest BCUT2D eigenvalue weighted by Gasteiger charge is -2.17. The van der Waals surface area contributed by atoms with Gasteiger partial charge in [0, 0.05) is 18.7 Å². The number of hydrogen-bond acceptors (Lipinski definition) is 5. The number of carbonyl (C=O) groups is 2. The Morgan fingerprint density at radius 1 is 1.36 bits per heavy atom. The zero-order chi connectivity index (χ0) is 18.2. The SMILES string of the molecule is Cc1cccc(N2CC(C(=O)Nc3nnc(C(F)(F)F)s3)CC2=O)c1. The quantitative estimate of drug-likeness (QED) is 0.902. The number of amides is 2. The zero-order valence-corrected chi connectivity index (χ0v) is 13.8. The van der Waals surface area contributed by atoms with Crippen LogP contribution < -0.4 is 10.2 Å². The molecule has 2 aromatic rings. The first kappa shape index (κ1) is 17.3. The van der Waals surface area contributed by atoms with Crippen LogP contribution in [0.15, 0.2) is 24.3 Å². The van der Waals surface area contributed by atoms with E-state index in [0.29, 0.717) is 5.69 Å². The number of aromatic nitrogens is 2. The first-order chi connectivity index (χ1) is 11.7. The van der Waals surface area contributed by atoms with Gasteiger partial charge in [-0.25, -0.2) is 0 Å². The van der Waals surface area contributed by atoms with Crippen LogP contribution in [0.2, 0.25) is 0 Å². The summed E-state index contributed by atoms with van der Waals surface area (Å²) < 4.78 is 37.5. The number of carbonyl (C=O) groups excluding carboxylic acids is 2. The van der Waals surface area contributed by atoms with Crippen molar-refractivity contribution in [2.45, 2.75) is 19.5 Å². The third kappa shape index (κ3) is 3.78. The van der Waals surface area contributed by atoms with Crippen molar-refractivity contribution in [1.29, 1.82) is 0 Å². The van der Waals surface area contributed by atoms with Crippen LogP contribution in [0.5, 0.6) is 0 Å². The third-order valence-corrected chi connectivity index (χ3v) is 4.59. The minimum absolute atomic E-state index is 0.00922. The lowest BCUT2D eigenvalue weighted by molar-refractivity contribution is -0.138. The summed E-state index contributed by atoms with van der Waals surface area (Å²) in [5, 5.41) is 7.26. The van der Waals surface area contributed by atoms with Gasteiger partial charge in [0.2, 0.25) is 22.0 Å². The Morgan fingerprint density at radius 3 is 2.76 bits per heavy atom. The van der Waals surface area contributed by atoms with E-state index in [0.717, 1.165) is 5.56 Å². The molecule has 0 aliphatic carbocycles. The Kier molecular flexibility index (Phi) is 4.46. The van der Waals surface area contributed by atoms with Gasteiger partial charge in [0.1, 0.15) is 0 Å². The Hall–Kier alpha value is -2.49. The minimum atomic E-state index is -4.61. The number of rotatable bonds is 3. The van der Waals surface area contributed by atoms with Gasteiger partial charge in [-0.05, 0) is 24.6 Å². The van der Waals surface area contributed by atoms with E-state index < -0.39 is 23.0 Å². The van der Waals surface area contributed by atoms with Crippen LogP contribution in [-0.2, 0) is 15.8 Å². The van der Waals surface area contributed by atoms with Gasteiger partial charge in [-0.15, -0.1) is 10.2 Å². The molecule has 6 nitrogen and oxygen atoms in total. The second kappa shape index (κ2) is 6.43. The largest absolute Gasteiger partial charge is 0.445 e. The van der Waals surface area contributed by atoms with Gasteiger partial charge >= 0.3 is 6.18 Å². The molecule has 1 aliphatic heterocycles. The van der Waals surface area contributed by atoms with Crippen molar-refractivity contribution in [3.63, 3.8) is 0 Å². The van der Waals surface area contributed by atoms with Crippen LogP contribution in [0, 0.1) is 12.8 Å². The summed E-state index contributed by atoms with van der Waals surface area (Å²) in [4.78, 5) is 25.9. The van der Waals surface area contributed by atoms with Gasteiger partial charge in [0.25, 0.3) is 0 Å². The van der Waals surface area contributed by atoms with E-state index in [9.17, 15) is 22.8 Å². The number of alkyl halides is 3. The van der Waals surface area contributed by atoms with Gasteiger partial charge in [0.15, 0.2) is 0 Å². The Labute approximate surface area is 144 Å². The van der Waals surface area contributed by atoms with E-state index in [2.05, 4.69) is 15.5 Å². The highest BCUT2D eigenvalue weighted by Crippen LogP contribution is 2.33. The van der Waals surface area contributed by atoms with Gasteiger partial charge in [-0.2, -0.15) is 13.2 Å². The van der Waals surface area contributed by atoms with Crippen LogP contribution >= 0.6 is 11.3 Å². The number of hydrogen-bond donors (Lipinski definition) is 1. The van der Waals surface area contributed by atoms with Crippen LogP contribution in [0.4, 0.5) is 24.0 Å². The molecule has 1 unspecified atom stereocenters. The highest BCUT2D eigenvalue weighted by Gasteiger charge is 2.38. The van der Waals surface area contributed by atoms with E-state index in [4.69, 9.17) is 0 Å². The molecule has 0 bridgehead atoms. The molecule has 25 heavy (non-hydrogen) atoms. The average Bonchev–Trinajstić information content (AvgIpc) is 3.13. The Bertz CT molecular complexity index is 821. The lowest BCUT2D eigenvalue weighted by atomic mass is 10.1. The normalized spacial score (nSPS) is 17.8. The Morgan fingerprint density at radius 2 is 2.12 bits per heavy atom. The number of halogens is 3. The number of anilines is 2. The molecule has 1 saturated heterocycles. The van der Waals surface area contributed by atoms with E-state index >= 15 is 0 Å². The van der Waals surface area contributed by atoms with E-state index in [1.165, 1.54) is 4.90 Å². The van der Waals surface area contributed by atoms with Crippen molar-refractivity contribution in [3.8, 4) is 0 Å². The highest BCUT2D eigenvalue weighted by molar-refractivity contribution is 7.15. The molecule has 1 aliphatic rings. The predicted octanol–water partition coefficient (Wildman–Crippen LogP) is 2.86. The molecule has 1 aromatic carbocycles. The monoisotopic (exact) mass is 370 g/mol. The highest BCUT2D eigenvalue weighted by atomic mass is 32.1. The molecule has 1 N–H and O–H groups in total. The molecule has 1 aromatic heterocycles. The maximum Gasteiger partial charge on any atom is 0.445 e. The fourth-order valence-corrected chi connectivity index (χ4v) is 3.14. The van der Waals surface area contributed by atoms with Crippen molar-refractivity contribution < 1.29 is 22.8 Å². The standard InChI is InChI=1S/C15H13F3N4O2S/c1-8-3-2-4-10(5-8)22-7-9(6-11(22)23)12(24)19-14-21-20-13(25-14)15(16,17)18/h2-5,9H,6-7H2,1H3,(H,19,21,24). The van der Waals surface area contributed by atoms with Gasteiger partial charge in [0.05, 0.1) is 5.92 Å². The van der Waals surface area contributed by atoms with E-state index in [1.807, 2.05) is 25.1 Å². The first-order valence-electron chi connectivity index (χ1n) is 7.32. The molecule has 0 spiro atoms. The summed E-state index contributed by atoms with van der Waals surface area (Å²) in [6.07, 6.45) is -4.61. The van der Waals surface area contributed by atoms with Crippen LogP contribution in [-0.4, -0.2) is 28.6 Å². The summed E-state index contributed by atoms with van der Waals surface area (Å²) in [5.41, 5.74) is 1.67. The molecular formula is C15H13F3N4O2S. The summed E-state index contributed by atoms with van der Waals surface area (Å²) in [5.74, 6) is -1.42. The van der Waals surface area contributed by atoms with Crippen molar-refractivity contribution in [2.24, 2.45) is 5.92 Å². The topological polar surface area (TPSA) is 75.2 Å². The van der Waals surface area contributed by atoms with E-state index in [1.54, 1.807) is 6.07 Å². The number of benzene rings is 1. The number of aryl methyl sites for hydroxylation is 1. The van der Waals surface area contributed by atoms with Gasteiger partial charge in [-0.1, -0.05) is 23.5 Å². The second-order valence-corrected chi connectivity index (χ2v) is 6.62. The van der Waals surface area contributed by atoms with Crippen molar-refractivity contribution >= 4 is 34.0 Å². The second-order valence-electron chi connectivity index (χ2n) is 5.64. The predicted molar refractivity (Wildman–Crippen MR) is 85.2 cm³/mol. The summed E-state index contributed by atoms with van der Waals surface area (Å²) >= 11 is 0.249. The maximum atomic E-state index is 12.5. The summed E-state index contributed by atoms with van der Waals surface area (Å²) in [6.45, 7) is 2.06. The lowest BCUT2D eigenvalue weighted by Crippen LogP contribution is -2.28. The summed E-state index contributed by atoms with van der Waals surface area (Å²) in [6, 6.07) is 7.30. The van der Waals surface area contributed by atoms with Crippen molar-refractivity contribution in [3.05, 3.63) is 34.8 Å². The third-order valence-electron chi connectivity index (χ3n) is 3.71. The molecule has 0 radical (unpaired) electrons. The smallest absolute Gasteiger partial charge is 0.312 e. The zero-order valence-electron chi connectivity index (χ0n) is 13.0. The van der Waals surface area contributed by atoms with Gasteiger partial charge < -0.3 is 10.2 Å². The molecule has 132 valence electrons. The van der Waals surface area contributed by atoms with Crippen LogP contribution in [0.25, 0.3) is 0 Å². The number of nitrogens with zero attached hydrogens (tertiary/aromatic N) is 3. The summed E-state index contributed by atoms with van der Waals surface area (Å²) in [7, 11) is 0. The number of nitrogens with one attached hydrogen (secondary N) is 1. The van der Waals surface area contributed by atoms with Gasteiger partial charge in [-0.3, -0.25) is 9.59 Å². The molecule has 2 amide bonds. The van der Waals surface area contributed by atoms with Crippen molar-refractivity contribution in [2.75, 3.05) is 16.8 Å². The molecule has 3 rings (SSSR count). The fourth-order valence-electron chi connectivity index (χ4n) is 2.52. The maximum absolute atomic E-state index is 12.5. The molecular weight excluding hydrogens is 357 g/mol. The molecule has 2 heterocycles. The molecule has 1 fully saturated rings. The average molecular weight is 370 g/mol. The minimum Gasteiger partial charge on any atom is -0.312 e. The van der Waals surface area contributed by atoms with E-state index in [-0.39, 0.29) is 35.3 Å². The van der Waals surface area contributed by atoms with Crippen LogP contribution in [0.1, 0.15) is 17.0 Å². The molecule has 10 heteroatoms. The molecule has 1 atom stereocenters. The fraction of sp³-hybridized carbons (Fsp3) is 0.333. The van der Waals surface area contributed by atoms with Crippen LogP contribution in [0.3, 0.4) is 0 Å². The molecule has 0 saturated carbocycles. The Balaban J connectivity index is 1.68.